The fraction of sp³-hybridized carbons (Fsp3) is 0.500. The van der Waals surface area contributed by atoms with Crippen LogP contribution in [-0.2, 0) is 4.74 Å². The highest BCUT2D eigenvalue weighted by Crippen LogP contribution is 2.29. The van der Waals surface area contributed by atoms with Gasteiger partial charge in [0, 0.05) is 43.3 Å². The number of para-hydroxylation sites is 1. The van der Waals surface area contributed by atoms with E-state index in [2.05, 4.69) is 41.8 Å². The fourth-order valence-corrected chi connectivity index (χ4v) is 3.53. The molecule has 1 aromatic heterocycles. The molecule has 6 heteroatoms. The zero-order valence-electron chi connectivity index (χ0n) is 15.8. The third kappa shape index (κ3) is 4.36. The third-order valence-electron chi connectivity index (χ3n) is 4.85. The van der Waals surface area contributed by atoms with Gasteiger partial charge >= 0.3 is 6.09 Å². The van der Waals surface area contributed by atoms with Gasteiger partial charge in [-0.3, -0.25) is 0 Å². The van der Waals surface area contributed by atoms with Crippen LogP contribution in [0.2, 0.25) is 0 Å². The summed E-state index contributed by atoms with van der Waals surface area (Å²) in [6, 6.07) is 10.9. The van der Waals surface area contributed by atoms with Crippen LogP contribution in [0, 0.1) is 0 Å². The number of carbonyl (C=O) groups is 1. The minimum atomic E-state index is -0.310. The van der Waals surface area contributed by atoms with E-state index in [9.17, 15) is 4.79 Å². The van der Waals surface area contributed by atoms with Crippen LogP contribution in [0.25, 0.3) is 10.9 Å². The van der Waals surface area contributed by atoms with Crippen LogP contribution in [0.1, 0.15) is 32.6 Å². The monoisotopic (exact) mass is 356 g/mol. The molecule has 26 heavy (non-hydrogen) atoms. The molecule has 1 amide bonds. The topological polar surface area (TPSA) is 66.5 Å². The van der Waals surface area contributed by atoms with E-state index < -0.39 is 0 Å². The van der Waals surface area contributed by atoms with E-state index in [1.807, 2.05) is 25.1 Å². The molecule has 1 saturated carbocycles. The Hall–Kier alpha value is -2.50. The van der Waals surface area contributed by atoms with Crippen LogP contribution in [0.3, 0.4) is 0 Å². The van der Waals surface area contributed by atoms with Gasteiger partial charge in [-0.1, -0.05) is 18.2 Å². The molecule has 1 aliphatic carbocycles. The SMILES string of the molecule is CCOC(=O)NC1CCC(Nc2cc(N(C)C)c3ccccc3n2)CC1. The summed E-state index contributed by atoms with van der Waals surface area (Å²) in [5.74, 6) is 0.911. The summed E-state index contributed by atoms with van der Waals surface area (Å²) in [5.41, 5.74) is 2.16. The highest BCUT2D eigenvalue weighted by molar-refractivity contribution is 5.93. The van der Waals surface area contributed by atoms with E-state index in [0.717, 1.165) is 48.1 Å². The van der Waals surface area contributed by atoms with Crippen molar-refractivity contribution >= 4 is 28.5 Å². The number of amides is 1. The van der Waals surface area contributed by atoms with Crippen LogP contribution in [-0.4, -0.2) is 43.9 Å². The summed E-state index contributed by atoms with van der Waals surface area (Å²) in [6.45, 7) is 2.23. The maximum Gasteiger partial charge on any atom is 0.407 e. The lowest BCUT2D eigenvalue weighted by Crippen LogP contribution is -2.40. The summed E-state index contributed by atoms with van der Waals surface area (Å²) in [6.07, 6.45) is 3.59. The second-order valence-electron chi connectivity index (χ2n) is 7.00. The van der Waals surface area contributed by atoms with Crippen molar-refractivity contribution in [3.8, 4) is 0 Å². The molecule has 0 radical (unpaired) electrons. The van der Waals surface area contributed by atoms with Crippen molar-refractivity contribution in [2.24, 2.45) is 0 Å². The first-order chi connectivity index (χ1) is 12.6. The maximum atomic E-state index is 11.5. The molecule has 3 rings (SSSR count). The zero-order valence-corrected chi connectivity index (χ0v) is 15.8. The lowest BCUT2D eigenvalue weighted by atomic mass is 9.91. The number of carbonyl (C=O) groups excluding carboxylic acids is 1. The predicted molar refractivity (Wildman–Crippen MR) is 106 cm³/mol. The van der Waals surface area contributed by atoms with Gasteiger partial charge in [-0.15, -0.1) is 0 Å². The van der Waals surface area contributed by atoms with E-state index >= 15 is 0 Å². The fourth-order valence-electron chi connectivity index (χ4n) is 3.53. The molecule has 1 aliphatic rings. The van der Waals surface area contributed by atoms with E-state index in [4.69, 9.17) is 9.72 Å². The molecular weight excluding hydrogens is 328 g/mol. The number of benzene rings is 1. The van der Waals surface area contributed by atoms with Crippen LogP contribution in [0.4, 0.5) is 16.3 Å². The van der Waals surface area contributed by atoms with Crippen molar-refractivity contribution in [3.05, 3.63) is 30.3 Å². The minimum Gasteiger partial charge on any atom is -0.450 e. The number of nitrogens with zero attached hydrogens (tertiary/aromatic N) is 2. The molecule has 1 aromatic carbocycles. The Morgan fingerprint density at radius 3 is 2.58 bits per heavy atom. The summed E-state index contributed by atoms with van der Waals surface area (Å²) in [7, 11) is 4.11. The average molecular weight is 356 g/mol. The van der Waals surface area contributed by atoms with Crippen molar-refractivity contribution in [1.82, 2.24) is 10.3 Å². The largest absolute Gasteiger partial charge is 0.450 e. The Kier molecular flexibility index (Phi) is 5.81. The van der Waals surface area contributed by atoms with Crippen LogP contribution >= 0.6 is 0 Å². The number of alkyl carbamates (subject to hydrolysis) is 1. The lowest BCUT2D eigenvalue weighted by Gasteiger charge is -2.30. The summed E-state index contributed by atoms with van der Waals surface area (Å²) in [5, 5.41) is 7.68. The molecule has 1 heterocycles. The number of pyridine rings is 1. The molecule has 6 nitrogen and oxygen atoms in total. The molecule has 0 aliphatic heterocycles. The van der Waals surface area contributed by atoms with Crippen LogP contribution in [0.15, 0.2) is 30.3 Å². The van der Waals surface area contributed by atoms with Crippen LogP contribution in [0.5, 0.6) is 0 Å². The molecule has 0 atom stereocenters. The molecule has 2 aromatic rings. The molecule has 0 spiro atoms. The molecule has 2 N–H and O–H groups in total. The van der Waals surface area contributed by atoms with Crippen molar-refractivity contribution in [1.29, 1.82) is 0 Å². The van der Waals surface area contributed by atoms with Crippen LogP contribution < -0.4 is 15.5 Å². The number of rotatable bonds is 5. The second-order valence-corrected chi connectivity index (χ2v) is 7.00. The van der Waals surface area contributed by atoms with Gasteiger partial charge in [-0.2, -0.15) is 0 Å². The standard InChI is InChI=1S/C20H28N4O2/c1-4-26-20(25)22-15-11-9-14(10-12-15)21-19-13-18(24(2)3)16-7-5-6-8-17(16)23-19/h5-8,13-15H,4,9-12H2,1-3H3,(H,21,23)(H,22,25). The Morgan fingerprint density at radius 1 is 1.19 bits per heavy atom. The number of fused-ring (bicyclic) bond motifs is 1. The highest BCUT2D eigenvalue weighted by Gasteiger charge is 2.23. The quantitative estimate of drug-likeness (QED) is 0.854. The van der Waals surface area contributed by atoms with E-state index in [1.165, 1.54) is 0 Å². The first kappa shape index (κ1) is 18.3. The maximum absolute atomic E-state index is 11.5. The van der Waals surface area contributed by atoms with Crippen molar-refractivity contribution < 1.29 is 9.53 Å². The Morgan fingerprint density at radius 2 is 1.88 bits per heavy atom. The minimum absolute atomic E-state index is 0.203. The summed E-state index contributed by atoms with van der Waals surface area (Å²) in [4.78, 5) is 18.4. The predicted octanol–water partition coefficient (Wildman–Crippen LogP) is 3.77. The van der Waals surface area contributed by atoms with E-state index in [1.54, 1.807) is 0 Å². The van der Waals surface area contributed by atoms with Crippen molar-refractivity contribution in [2.75, 3.05) is 30.9 Å². The number of anilines is 2. The van der Waals surface area contributed by atoms with Gasteiger partial charge in [0.1, 0.15) is 5.82 Å². The van der Waals surface area contributed by atoms with Gasteiger partial charge in [0.15, 0.2) is 0 Å². The zero-order chi connectivity index (χ0) is 18.5. The number of hydrogen-bond donors (Lipinski definition) is 2. The second kappa shape index (κ2) is 8.25. The number of ether oxygens (including phenoxy) is 1. The summed E-state index contributed by atoms with van der Waals surface area (Å²) < 4.78 is 4.96. The van der Waals surface area contributed by atoms with E-state index in [-0.39, 0.29) is 12.1 Å². The lowest BCUT2D eigenvalue weighted by molar-refractivity contribution is 0.144. The first-order valence-electron chi connectivity index (χ1n) is 9.33. The van der Waals surface area contributed by atoms with Crippen molar-refractivity contribution in [3.63, 3.8) is 0 Å². The normalized spacial score (nSPS) is 19.8. The van der Waals surface area contributed by atoms with Gasteiger partial charge in [-0.25, -0.2) is 9.78 Å². The van der Waals surface area contributed by atoms with Crippen molar-refractivity contribution in [2.45, 2.75) is 44.7 Å². The van der Waals surface area contributed by atoms with Gasteiger partial charge in [-0.05, 0) is 38.7 Å². The number of hydrogen-bond acceptors (Lipinski definition) is 5. The molecule has 0 unspecified atom stereocenters. The number of aromatic nitrogens is 1. The van der Waals surface area contributed by atoms with Gasteiger partial charge < -0.3 is 20.3 Å². The highest BCUT2D eigenvalue weighted by atomic mass is 16.5. The number of nitrogens with one attached hydrogen (secondary N) is 2. The summed E-state index contributed by atoms with van der Waals surface area (Å²) >= 11 is 0. The first-order valence-corrected chi connectivity index (χ1v) is 9.33. The Labute approximate surface area is 154 Å². The van der Waals surface area contributed by atoms with Gasteiger partial charge in [0.25, 0.3) is 0 Å². The molecule has 1 fully saturated rings. The Bertz CT molecular complexity index is 755. The van der Waals surface area contributed by atoms with Gasteiger partial charge in [0.2, 0.25) is 0 Å². The molecule has 0 saturated heterocycles. The third-order valence-corrected chi connectivity index (χ3v) is 4.85. The van der Waals surface area contributed by atoms with Gasteiger partial charge in [0.05, 0.1) is 12.1 Å². The molecule has 0 bridgehead atoms. The smallest absolute Gasteiger partial charge is 0.407 e. The van der Waals surface area contributed by atoms with E-state index in [0.29, 0.717) is 12.6 Å². The average Bonchev–Trinajstić information content (AvgIpc) is 2.63. The molecule has 140 valence electrons. The Balaban J connectivity index is 1.64. The molecular formula is C20H28N4O2.